The molecule has 0 aliphatic carbocycles. The molecule has 126 valence electrons. The summed E-state index contributed by atoms with van der Waals surface area (Å²) in [6.07, 6.45) is 6.74. The van der Waals surface area contributed by atoms with Gasteiger partial charge in [-0.15, -0.1) is 0 Å². The fraction of sp³-hybridized carbons (Fsp3) is 0.471. The highest BCUT2D eigenvalue weighted by atomic mass is 16.2. The lowest BCUT2D eigenvalue weighted by molar-refractivity contribution is 0.0723. The summed E-state index contributed by atoms with van der Waals surface area (Å²) >= 11 is 0. The Morgan fingerprint density at radius 2 is 2.12 bits per heavy atom. The number of likely N-dealkylation sites (tertiary alicyclic amines) is 1. The van der Waals surface area contributed by atoms with Crippen LogP contribution in [0.4, 0.5) is 0 Å². The van der Waals surface area contributed by atoms with Crippen molar-refractivity contribution in [3.8, 4) is 0 Å². The smallest absolute Gasteiger partial charge is 0.274 e. The van der Waals surface area contributed by atoms with Crippen LogP contribution in [0.3, 0.4) is 0 Å². The molecule has 0 aromatic carbocycles. The molecular formula is C17H22N6O. The van der Waals surface area contributed by atoms with E-state index in [9.17, 15) is 4.79 Å². The third-order valence-electron chi connectivity index (χ3n) is 4.02. The molecule has 0 radical (unpaired) electrons. The molecule has 24 heavy (non-hydrogen) atoms. The fourth-order valence-electron chi connectivity index (χ4n) is 2.91. The van der Waals surface area contributed by atoms with Crippen LogP contribution in [0.1, 0.15) is 46.6 Å². The summed E-state index contributed by atoms with van der Waals surface area (Å²) in [6, 6.07) is 1.82. The van der Waals surface area contributed by atoms with E-state index in [2.05, 4.69) is 24.8 Å². The maximum Gasteiger partial charge on any atom is 0.274 e. The number of carbonyl (C=O) groups is 1. The summed E-state index contributed by atoms with van der Waals surface area (Å²) in [5.74, 6) is 0.604. The first-order valence-electron chi connectivity index (χ1n) is 8.11. The van der Waals surface area contributed by atoms with Crippen molar-refractivity contribution in [2.75, 3.05) is 20.6 Å². The Balaban J connectivity index is 1.82. The van der Waals surface area contributed by atoms with Crippen LogP contribution in [0.2, 0.25) is 0 Å². The van der Waals surface area contributed by atoms with Gasteiger partial charge in [0.1, 0.15) is 5.69 Å². The molecule has 3 rings (SSSR count). The van der Waals surface area contributed by atoms with E-state index in [1.165, 1.54) is 6.20 Å². The quantitative estimate of drug-likeness (QED) is 0.850. The monoisotopic (exact) mass is 326 g/mol. The van der Waals surface area contributed by atoms with Gasteiger partial charge < -0.3 is 9.80 Å². The van der Waals surface area contributed by atoms with Gasteiger partial charge in [0.15, 0.2) is 5.82 Å². The molecule has 7 nitrogen and oxygen atoms in total. The van der Waals surface area contributed by atoms with Gasteiger partial charge in [-0.1, -0.05) is 0 Å². The molecule has 2 aromatic rings. The first kappa shape index (κ1) is 16.4. The third kappa shape index (κ3) is 3.56. The second-order valence-electron chi connectivity index (χ2n) is 6.34. The van der Waals surface area contributed by atoms with E-state index < -0.39 is 0 Å². The molecule has 0 unspecified atom stereocenters. The topological polar surface area (TPSA) is 75.1 Å². The van der Waals surface area contributed by atoms with Crippen LogP contribution in [0.25, 0.3) is 0 Å². The van der Waals surface area contributed by atoms with E-state index in [0.717, 1.165) is 30.8 Å². The Hall–Kier alpha value is -2.41. The predicted molar refractivity (Wildman–Crippen MR) is 89.2 cm³/mol. The first-order valence-corrected chi connectivity index (χ1v) is 8.11. The molecule has 1 amide bonds. The molecular weight excluding hydrogens is 304 g/mol. The zero-order valence-corrected chi connectivity index (χ0v) is 14.3. The van der Waals surface area contributed by atoms with Gasteiger partial charge in [-0.3, -0.25) is 9.78 Å². The number of nitrogens with zero attached hydrogens (tertiary/aromatic N) is 6. The van der Waals surface area contributed by atoms with Gasteiger partial charge in [0.25, 0.3) is 5.91 Å². The lowest BCUT2D eigenvalue weighted by Gasteiger charge is -2.23. The number of aryl methyl sites for hydroxylation is 1. The highest BCUT2D eigenvalue weighted by Crippen LogP contribution is 2.30. The van der Waals surface area contributed by atoms with Crippen molar-refractivity contribution >= 4 is 5.91 Å². The minimum absolute atomic E-state index is 0.0947. The third-order valence-corrected chi connectivity index (χ3v) is 4.02. The summed E-state index contributed by atoms with van der Waals surface area (Å²) in [5.41, 5.74) is 2.13. The van der Waals surface area contributed by atoms with Crippen molar-refractivity contribution in [2.45, 2.75) is 32.4 Å². The zero-order chi connectivity index (χ0) is 17.1. The summed E-state index contributed by atoms with van der Waals surface area (Å²) in [6.45, 7) is 3.30. The first-order chi connectivity index (χ1) is 11.5. The van der Waals surface area contributed by atoms with Crippen LogP contribution in [-0.2, 0) is 6.54 Å². The standard InChI is InChI=1S/C17H22N6O/c1-12-9-20-14(10-19-12)17(24)23-8-4-5-15(23)16-18-7-6-13(21-16)11-22(2)3/h6-7,9-10,15H,4-5,8,11H2,1-3H3/t15-/m1/s1. The van der Waals surface area contributed by atoms with E-state index in [0.29, 0.717) is 18.1 Å². The van der Waals surface area contributed by atoms with E-state index in [4.69, 9.17) is 0 Å². The Labute approximate surface area is 141 Å². The number of carbonyl (C=O) groups excluding carboxylic acids is 1. The molecule has 1 aliphatic heterocycles. The minimum Gasteiger partial charge on any atom is -0.327 e. The molecule has 0 spiro atoms. The normalized spacial score (nSPS) is 17.5. The van der Waals surface area contributed by atoms with Gasteiger partial charge in [-0.05, 0) is 39.9 Å². The summed E-state index contributed by atoms with van der Waals surface area (Å²) in [4.78, 5) is 34.1. The van der Waals surface area contributed by atoms with E-state index in [1.807, 2.05) is 32.0 Å². The molecule has 1 atom stereocenters. The van der Waals surface area contributed by atoms with Crippen LogP contribution in [0, 0.1) is 6.92 Å². The maximum absolute atomic E-state index is 12.8. The fourth-order valence-corrected chi connectivity index (χ4v) is 2.91. The lowest BCUT2D eigenvalue weighted by Crippen LogP contribution is -2.32. The number of amides is 1. The van der Waals surface area contributed by atoms with Gasteiger partial charge in [0.05, 0.1) is 23.6 Å². The van der Waals surface area contributed by atoms with Crippen molar-refractivity contribution in [2.24, 2.45) is 0 Å². The molecule has 1 aliphatic rings. The summed E-state index contributed by atoms with van der Waals surface area (Å²) < 4.78 is 0. The van der Waals surface area contributed by atoms with Crippen molar-refractivity contribution in [3.05, 3.63) is 47.6 Å². The van der Waals surface area contributed by atoms with E-state index in [1.54, 1.807) is 12.4 Å². The highest BCUT2D eigenvalue weighted by Gasteiger charge is 2.33. The largest absolute Gasteiger partial charge is 0.327 e. The van der Waals surface area contributed by atoms with Gasteiger partial charge in [-0.2, -0.15) is 0 Å². The van der Waals surface area contributed by atoms with Crippen LogP contribution in [-0.4, -0.2) is 56.3 Å². The molecule has 0 bridgehead atoms. The Morgan fingerprint density at radius 1 is 1.29 bits per heavy atom. The summed E-state index contributed by atoms with van der Waals surface area (Å²) in [5, 5.41) is 0. The second kappa shape index (κ2) is 7.00. The highest BCUT2D eigenvalue weighted by molar-refractivity contribution is 5.92. The Morgan fingerprint density at radius 3 is 2.83 bits per heavy atom. The SMILES string of the molecule is Cc1cnc(C(=O)N2CCC[C@@H]2c2nccc(CN(C)C)n2)cn1. The second-order valence-corrected chi connectivity index (χ2v) is 6.34. The van der Waals surface area contributed by atoms with Crippen molar-refractivity contribution in [1.29, 1.82) is 0 Å². The van der Waals surface area contributed by atoms with Crippen LogP contribution in [0.5, 0.6) is 0 Å². The van der Waals surface area contributed by atoms with Gasteiger partial charge in [0, 0.05) is 25.5 Å². The molecule has 0 saturated carbocycles. The molecule has 7 heteroatoms. The van der Waals surface area contributed by atoms with Crippen LogP contribution >= 0.6 is 0 Å². The van der Waals surface area contributed by atoms with Crippen LogP contribution < -0.4 is 0 Å². The van der Waals surface area contributed by atoms with Crippen molar-refractivity contribution in [3.63, 3.8) is 0 Å². The van der Waals surface area contributed by atoms with E-state index >= 15 is 0 Å². The number of hydrogen-bond acceptors (Lipinski definition) is 6. The Bertz CT molecular complexity index is 715. The van der Waals surface area contributed by atoms with Gasteiger partial charge >= 0.3 is 0 Å². The average molecular weight is 326 g/mol. The molecule has 1 fully saturated rings. The van der Waals surface area contributed by atoms with E-state index in [-0.39, 0.29) is 11.9 Å². The minimum atomic E-state index is -0.105. The lowest BCUT2D eigenvalue weighted by atomic mass is 10.2. The number of aromatic nitrogens is 4. The maximum atomic E-state index is 12.8. The molecule has 3 heterocycles. The predicted octanol–water partition coefficient (Wildman–Crippen LogP) is 1.61. The Kier molecular flexibility index (Phi) is 4.80. The summed E-state index contributed by atoms with van der Waals surface area (Å²) in [7, 11) is 4.01. The molecule has 0 N–H and O–H groups in total. The number of rotatable bonds is 4. The van der Waals surface area contributed by atoms with Crippen molar-refractivity contribution in [1.82, 2.24) is 29.7 Å². The molecule has 1 saturated heterocycles. The molecule has 2 aromatic heterocycles. The average Bonchev–Trinajstić information content (AvgIpc) is 3.04. The van der Waals surface area contributed by atoms with Gasteiger partial charge in [-0.25, -0.2) is 15.0 Å². The number of hydrogen-bond donors (Lipinski definition) is 0. The van der Waals surface area contributed by atoms with Crippen molar-refractivity contribution < 1.29 is 4.79 Å². The zero-order valence-electron chi connectivity index (χ0n) is 14.3. The van der Waals surface area contributed by atoms with Gasteiger partial charge in [0.2, 0.25) is 0 Å². The van der Waals surface area contributed by atoms with Crippen LogP contribution in [0.15, 0.2) is 24.7 Å².